The number of hydrogen-bond acceptors (Lipinski definition) is 15. The number of nitrogens with one attached hydrogen (secondary N) is 1. The summed E-state index contributed by atoms with van der Waals surface area (Å²) in [6.45, 7) is 18.6. The number of carbonyl (C=O) groups is 1. The van der Waals surface area contributed by atoms with Crippen molar-refractivity contribution in [2.75, 3.05) is 170 Å². The lowest BCUT2D eigenvalue weighted by Crippen LogP contribution is -2.16. The smallest absolute Gasteiger partial charge is 0.338 e. The van der Waals surface area contributed by atoms with Crippen LogP contribution >= 0.6 is 0 Å². The summed E-state index contributed by atoms with van der Waals surface area (Å²) in [6.07, 6.45) is 2.47. The number of esters is 1. The summed E-state index contributed by atoms with van der Waals surface area (Å²) < 4.78 is 70.8. The van der Waals surface area contributed by atoms with E-state index in [2.05, 4.69) is 12.2 Å². The number of hydrogen-bond donors (Lipinski definition) is 1. The first-order valence-corrected chi connectivity index (χ1v) is 19.1. The zero-order valence-electron chi connectivity index (χ0n) is 32.7. The van der Waals surface area contributed by atoms with Gasteiger partial charge in [0.05, 0.1) is 164 Å². The molecule has 0 amide bonds. The van der Waals surface area contributed by atoms with Gasteiger partial charge < -0.3 is 66.9 Å². The molecule has 0 unspecified atom stereocenters. The summed E-state index contributed by atoms with van der Waals surface area (Å²) in [5.41, 5.74) is 1.51. The van der Waals surface area contributed by atoms with E-state index in [1.165, 1.54) is 0 Å². The molecule has 1 aromatic carbocycles. The molecule has 1 N–H and O–H groups in total. The van der Waals surface area contributed by atoms with Crippen molar-refractivity contribution < 1.29 is 66.4 Å². The maximum absolute atomic E-state index is 12.1. The van der Waals surface area contributed by atoms with E-state index in [1.807, 2.05) is 26.0 Å². The Hall–Kier alpha value is -1.99. The molecule has 0 bridgehead atoms. The van der Waals surface area contributed by atoms with Crippen molar-refractivity contribution in [1.29, 1.82) is 0 Å². The normalized spacial score (nSPS) is 11.5. The molecule has 0 aliphatic heterocycles. The Labute approximate surface area is 317 Å². The van der Waals surface area contributed by atoms with Crippen LogP contribution in [0.3, 0.4) is 0 Å². The van der Waals surface area contributed by atoms with Crippen molar-refractivity contribution in [3.8, 4) is 0 Å². The summed E-state index contributed by atoms with van der Waals surface area (Å²) in [5, 5.41) is 3.32. The highest BCUT2D eigenvalue weighted by molar-refractivity contribution is 5.89. The van der Waals surface area contributed by atoms with Gasteiger partial charge in [-0.1, -0.05) is 13.3 Å². The molecule has 0 saturated carbocycles. The SMILES string of the molecule is CCCCNc1ccc(C(=O)OCCOCCOCCOCCOCCOCCOCCOCCOCCOCCOCCOCCOC(C)C)cc1. The van der Waals surface area contributed by atoms with Gasteiger partial charge >= 0.3 is 5.97 Å². The first kappa shape index (κ1) is 49.0. The molecule has 1 aromatic rings. The Kier molecular flexibility index (Phi) is 36.7. The molecule has 0 heterocycles. The van der Waals surface area contributed by atoms with Crippen molar-refractivity contribution in [2.45, 2.75) is 39.7 Å². The molecule has 15 nitrogen and oxygen atoms in total. The van der Waals surface area contributed by atoms with E-state index in [1.54, 1.807) is 12.1 Å². The van der Waals surface area contributed by atoms with Crippen LogP contribution in [0, 0.1) is 0 Å². The highest BCUT2D eigenvalue weighted by Gasteiger charge is 2.07. The molecule has 310 valence electrons. The first-order chi connectivity index (χ1) is 26.1. The van der Waals surface area contributed by atoms with Crippen LogP contribution in [0.5, 0.6) is 0 Å². The zero-order valence-corrected chi connectivity index (χ0v) is 32.7. The van der Waals surface area contributed by atoms with Crippen molar-refractivity contribution in [1.82, 2.24) is 0 Å². The van der Waals surface area contributed by atoms with Crippen LogP contribution in [0.15, 0.2) is 24.3 Å². The van der Waals surface area contributed by atoms with Crippen molar-refractivity contribution >= 4 is 11.7 Å². The van der Waals surface area contributed by atoms with Gasteiger partial charge in [0.25, 0.3) is 0 Å². The van der Waals surface area contributed by atoms with Crippen LogP contribution in [0.2, 0.25) is 0 Å². The number of unbranched alkanes of at least 4 members (excludes halogenated alkanes) is 1. The Morgan fingerprint density at radius 2 is 0.774 bits per heavy atom. The van der Waals surface area contributed by atoms with E-state index >= 15 is 0 Å². The minimum atomic E-state index is -0.362. The predicted octanol–water partition coefficient (Wildman–Crippen LogP) is 3.66. The van der Waals surface area contributed by atoms with Crippen LogP contribution < -0.4 is 5.32 Å². The van der Waals surface area contributed by atoms with Gasteiger partial charge in [0.15, 0.2) is 0 Å². The van der Waals surface area contributed by atoms with Crippen LogP contribution in [-0.4, -0.2) is 177 Å². The second-order valence-corrected chi connectivity index (χ2v) is 11.6. The van der Waals surface area contributed by atoms with Crippen LogP contribution in [0.25, 0.3) is 0 Å². The van der Waals surface area contributed by atoms with Gasteiger partial charge in [-0.05, 0) is 44.5 Å². The molecular weight excluding hydrogens is 694 g/mol. The molecule has 0 aliphatic carbocycles. The molecule has 0 aliphatic rings. The Bertz CT molecular complexity index is 896. The molecule has 53 heavy (non-hydrogen) atoms. The molecule has 0 aromatic heterocycles. The Balaban J connectivity index is 1.68. The van der Waals surface area contributed by atoms with Crippen LogP contribution in [-0.2, 0) is 61.6 Å². The standard InChI is InChI=1S/C38H69NO14/c1-4-5-10-39-37-8-6-36(7-9-37)38(40)53-34-32-51-30-28-49-26-24-47-22-20-45-18-16-43-14-12-41-11-13-42-15-17-44-19-21-46-23-25-48-27-29-50-31-33-52-35(2)3/h6-9,35,39H,4-5,10-34H2,1-3H3. The van der Waals surface area contributed by atoms with Gasteiger partial charge in [0, 0.05) is 12.2 Å². The number of carbonyl (C=O) groups excluding carboxylic acids is 1. The zero-order chi connectivity index (χ0) is 38.1. The highest BCUT2D eigenvalue weighted by atomic mass is 16.6. The van der Waals surface area contributed by atoms with Gasteiger partial charge in [-0.25, -0.2) is 4.79 Å². The summed E-state index contributed by atoms with van der Waals surface area (Å²) in [7, 11) is 0. The summed E-state index contributed by atoms with van der Waals surface area (Å²) in [6, 6.07) is 7.29. The monoisotopic (exact) mass is 763 g/mol. The lowest BCUT2D eigenvalue weighted by molar-refractivity contribution is -0.0296. The summed E-state index contributed by atoms with van der Waals surface area (Å²) in [5.74, 6) is -0.362. The molecule has 0 fully saturated rings. The number of ether oxygens (including phenoxy) is 13. The first-order valence-electron chi connectivity index (χ1n) is 19.1. The highest BCUT2D eigenvalue weighted by Crippen LogP contribution is 2.11. The van der Waals surface area contributed by atoms with E-state index in [0.29, 0.717) is 158 Å². The second kappa shape index (κ2) is 39.7. The third kappa shape index (κ3) is 35.5. The van der Waals surface area contributed by atoms with Crippen molar-refractivity contribution in [2.24, 2.45) is 0 Å². The van der Waals surface area contributed by atoms with Gasteiger partial charge in [0.2, 0.25) is 0 Å². The maximum Gasteiger partial charge on any atom is 0.338 e. The minimum absolute atomic E-state index is 0.189. The van der Waals surface area contributed by atoms with Gasteiger partial charge in [-0.2, -0.15) is 0 Å². The van der Waals surface area contributed by atoms with Gasteiger partial charge in [-0.15, -0.1) is 0 Å². The second-order valence-electron chi connectivity index (χ2n) is 11.6. The van der Waals surface area contributed by atoms with Crippen molar-refractivity contribution in [3.63, 3.8) is 0 Å². The molecule has 0 radical (unpaired) electrons. The number of rotatable bonds is 42. The minimum Gasteiger partial charge on any atom is -0.460 e. The number of benzene rings is 1. The quantitative estimate of drug-likeness (QED) is 0.0762. The van der Waals surface area contributed by atoms with E-state index in [9.17, 15) is 4.79 Å². The lowest BCUT2D eigenvalue weighted by atomic mass is 10.2. The summed E-state index contributed by atoms with van der Waals surface area (Å²) >= 11 is 0. The van der Waals surface area contributed by atoms with E-state index < -0.39 is 0 Å². The average molecular weight is 764 g/mol. The largest absolute Gasteiger partial charge is 0.460 e. The Morgan fingerprint density at radius 3 is 1.08 bits per heavy atom. The van der Waals surface area contributed by atoms with E-state index in [-0.39, 0.29) is 18.7 Å². The molecule has 1 rings (SSSR count). The van der Waals surface area contributed by atoms with Crippen molar-refractivity contribution in [3.05, 3.63) is 29.8 Å². The van der Waals surface area contributed by atoms with Crippen LogP contribution in [0.1, 0.15) is 44.0 Å². The predicted molar refractivity (Wildman–Crippen MR) is 200 cm³/mol. The van der Waals surface area contributed by atoms with E-state index in [0.717, 1.165) is 25.1 Å². The molecule has 0 atom stereocenters. The maximum atomic E-state index is 12.1. The van der Waals surface area contributed by atoms with E-state index in [4.69, 9.17) is 61.6 Å². The third-order valence-electron chi connectivity index (χ3n) is 6.84. The molecule has 15 heteroatoms. The third-order valence-corrected chi connectivity index (χ3v) is 6.84. The molecule has 0 saturated heterocycles. The topological polar surface area (TPSA) is 149 Å². The molecular formula is C38H69NO14. The number of anilines is 1. The fourth-order valence-corrected chi connectivity index (χ4v) is 4.05. The fourth-order valence-electron chi connectivity index (χ4n) is 4.05. The van der Waals surface area contributed by atoms with Gasteiger partial charge in [-0.3, -0.25) is 0 Å². The Morgan fingerprint density at radius 1 is 0.472 bits per heavy atom. The van der Waals surface area contributed by atoms with Gasteiger partial charge in [0.1, 0.15) is 6.61 Å². The average Bonchev–Trinajstić information content (AvgIpc) is 3.16. The summed E-state index contributed by atoms with van der Waals surface area (Å²) in [4.78, 5) is 12.1. The molecule has 0 spiro atoms. The lowest BCUT2D eigenvalue weighted by Gasteiger charge is -2.09. The van der Waals surface area contributed by atoms with Crippen LogP contribution in [0.4, 0.5) is 5.69 Å². The fraction of sp³-hybridized carbons (Fsp3) is 0.816.